The quantitative estimate of drug-likeness (QED) is 0.872. The largest absolute Gasteiger partial charge is 0.493 e. The molecule has 0 aromatic heterocycles. The Morgan fingerprint density at radius 3 is 2.44 bits per heavy atom. The second-order valence-corrected chi connectivity index (χ2v) is 5.62. The highest BCUT2D eigenvalue weighted by atomic mass is 16.6. The van der Waals surface area contributed by atoms with Crippen LogP contribution in [-0.2, 0) is 17.8 Å². The van der Waals surface area contributed by atoms with Crippen molar-refractivity contribution in [1.82, 2.24) is 5.32 Å². The van der Waals surface area contributed by atoms with E-state index in [0.29, 0.717) is 31.3 Å². The van der Waals surface area contributed by atoms with Gasteiger partial charge in [0.1, 0.15) is 13.2 Å². The Morgan fingerprint density at radius 1 is 0.960 bits per heavy atom. The fraction of sp³-hybridized carbons (Fsp3) is 0.316. The number of rotatable bonds is 6. The van der Waals surface area contributed by atoms with Crippen molar-refractivity contribution < 1.29 is 23.7 Å². The second-order valence-electron chi connectivity index (χ2n) is 5.62. The van der Waals surface area contributed by atoms with Crippen LogP contribution in [0.25, 0.3) is 0 Å². The minimum atomic E-state index is -0.0675. The van der Waals surface area contributed by atoms with E-state index in [1.54, 1.807) is 20.3 Å². The molecule has 1 heterocycles. The Hall–Kier alpha value is -2.89. The third-order valence-electron chi connectivity index (χ3n) is 3.91. The fourth-order valence-electron chi connectivity index (χ4n) is 2.64. The highest BCUT2D eigenvalue weighted by Gasteiger charge is 2.12. The summed E-state index contributed by atoms with van der Waals surface area (Å²) in [5, 5.41) is 2.91. The van der Waals surface area contributed by atoms with Crippen LogP contribution < -0.4 is 24.3 Å². The Balaban J connectivity index is 1.58. The van der Waals surface area contributed by atoms with Gasteiger partial charge >= 0.3 is 0 Å². The van der Waals surface area contributed by atoms with E-state index in [1.807, 2.05) is 30.3 Å². The van der Waals surface area contributed by atoms with Crippen molar-refractivity contribution in [2.45, 2.75) is 13.0 Å². The number of carbonyl (C=O) groups is 1. The van der Waals surface area contributed by atoms with Gasteiger partial charge in [-0.1, -0.05) is 12.1 Å². The minimum absolute atomic E-state index is 0.0675. The van der Waals surface area contributed by atoms with Crippen LogP contribution in [0.4, 0.5) is 0 Å². The first-order chi connectivity index (χ1) is 12.2. The van der Waals surface area contributed by atoms with Crippen molar-refractivity contribution in [3.8, 4) is 23.0 Å². The summed E-state index contributed by atoms with van der Waals surface area (Å²) >= 11 is 0. The molecule has 3 rings (SSSR count). The summed E-state index contributed by atoms with van der Waals surface area (Å²) in [5.41, 5.74) is 1.82. The van der Waals surface area contributed by atoms with Crippen molar-refractivity contribution >= 4 is 5.91 Å². The van der Waals surface area contributed by atoms with E-state index < -0.39 is 0 Å². The number of carbonyl (C=O) groups excluding carboxylic acids is 1. The average molecular weight is 343 g/mol. The van der Waals surface area contributed by atoms with E-state index in [2.05, 4.69) is 5.32 Å². The number of hydrogen-bond donors (Lipinski definition) is 1. The Kier molecular flexibility index (Phi) is 5.28. The molecular weight excluding hydrogens is 322 g/mol. The standard InChI is InChI=1S/C19H21NO5/c1-22-15-5-3-13(9-17(15)23-2)11-19(21)20-12-14-4-6-16-18(10-14)25-8-7-24-16/h3-6,9-10H,7-8,11-12H2,1-2H3,(H,20,21). The molecule has 0 saturated heterocycles. The van der Waals surface area contributed by atoms with Crippen molar-refractivity contribution in [1.29, 1.82) is 0 Å². The van der Waals surface area contributed by atoms with Crippen LogP contribution in [0.15, 0.2) is 36.4 Å². The summed E-state index contributed by atoms with van der Waals surface area (Å²) < 4.78 is 21.5. The van der Waals surface area contributed by atoms with Crippen LogP contribution in [0.3, 0.4) is 0 Å². The molecule has 1 aliphatic heterocycles. The van der Waals surface area contributed by atoms with Gasteiger partial charge in [-0.3, -0.25) is 4.79 Å². The van der Waals surface area contributed by atoms with Crippen molar-refractivity contribution in [2.24, 2.45) is 0 Å². The van der Waals surface area contributed by atoms with Gasteiger partial charge in [-0.25, -0.2) is 0 Å². The van der Waals surface area contributed by atoms with Gasteiger partial charge in [-0.2, -0.15) is 0 Å². The highest BCUT2D eigenvalue weighted by molar-refractivity contribution is 5.78. The lowest BCUT2D eigenvalue weighted by Gasteiger charge is -2.19. The molecule has 0 radical (unpaired) electrons. The van der Waals surface area contributed by atoms with Gasteiger partial charge in [0.05, 0.1) is 20.6 Å². The molecule has 0 bridgehead atoms. The number of nitrogens with one attached hydrogen (secondary N) is 1. The zero-order valence-corrected chi connectivity index (χ0v) is 14.3. The SMILES string of the molecule is COc1ccc(CC(=O)NCc2ccc3c(c2)OCCO3)cc1OC. The number of methoxy groups -OCH3 is 2. The molecule has 0 unspecified atom stereocenters. The van der Waals surface area contributed by atoms with Gasteiger partial charge < -0.3 is 24.3 Å². The number of fused-ring (bicyclic) bond motifs is 1. The lowest BCUT2D eigenvalue weighted by atomic mass is 10.1. The number of hydrogen-bond acceptors (Lipinski definition) is 5. The van der Waals surface area contributed by atoms with Crippen molar-refractivity contribution in [3.63, 3.8) is 0 Å². The lowest BCUT2D eigenvalue weighted by molar-refractivity contribution is -0.120. The van der Waals surface area contributed by atoms with Crippen LogP contribution >= 0.6 is 0 Å². The van der Waals surface area contributed by atoms with Crippen molar-refractivity contribution in [3.05, 3.63) is 47.5 Å². The summed E-state index contributed by atoms with van der Waals surface area (Å²) in [4.78, 5) is 12.2. The lowest BCUT2D eigenvalue weighted by Crippen LogP contribution is -2.24. The zero-order chi connectivity index (χ0) is 17.6. The summed E-state index contributed by atoms with van der Waals surface area (Å²) in [6.07, 6.45) is 0.269. The molecule has 132 valence electrons. The van der Waals surface area contributed by atoms with Crippen LogP contribution in [0.2, 0.25) is 0 Å². The molecule has 0 spiro atoms. The smallest absolute Gasteiger partial charge is 0.224 e. The maximum atomic E-state index is 12.2. The number of amides is 1. The molecule has 2 aromatic carbocycles. The Morgan fingerprint density at radius 2 is 1.68 bits per heavy atom. The number of ether oxygens (including phenoxy) is 4. The van der Waals surface area contributed by atoms with E-state index in [-0.39, 0.29) is 12.3 Å². The maximum Gasteiger partial charge on any atom is 0.224 e. The second kappa shape index (κ2) is 7.79. The topological polar surface area (TPSA) is 66.0 Å². The molecular formula is C19H21NO5. The maximum absolute atomic E-state index is 12.2. The predicted octanol–water partition coefficient (Wildman–Crippen LogP) is 2.33. The van der Waals surface area contributed by atoms with E-state index in [4.69, 9.17) is 18.9 Å². The first kappa shape index (κ1) is 17.0. The van der Waals surface area contributed by atoms with Gasteiger partial charge in [-0.05, 0) is 35.4 Å². The summed E-state index contributed by atoms with van der Waals surface area (Å²) in [7, 11) is 3.15. The molecule has 6 nitrogen and oxygen atoms in total. The fourth-order valence-corrected chi connectivity index (χ4v) is 2.64. The van der Waals surface area contributed by atoms with Crippen LogP contribution in [0.1, 0.15) is 11.1 Å². The molecule has 1 aliphatic rings. The molecule has 0 atom stereocenters. The van der Waals surface area contributed by atoms with Crippen LogP contribution in [0.5, 0.6) is 23.0 Å². The molecule has 0 saturated carbocycles. The van der Waals surface area contributed by atoms with Crippen LogP contribution in [0, 0.1) is 0 Å². The highest BCUT2D eigenvalue weighted by Crippen LogP contribution is 2.30. The molecule has 1 N–H and O–H groups in total. The van der Waals surface area contributed by atoms with Gasteiger partial charge in [-0.15, -0.1) is 0 Å². The van der Waals surface area contributed by atoms with E-state index in [0.717, 1.165) is 22.6 Å². The van der Waals surface area contributed by atoms with E-state index in [1.165, 1.54) is 0 Å². The predicted molar refractivity (Wildman–Crippen MR) is 92.5 cm³/mol. The molecule has 0 aliphatic carbocycles. The van der Waals surface area contributed by atoms with Gasteiger partial charge in [0, 0.05) is 6.54 Å². The van der Waals surface area contributed by atoms with Gasteiger partial charge in [0.2, 0.25) is 5.91 Å². The van der Waals surface area contributed by atoms with E-state index in [9.17, 15) is 4.79 Å². The Bertz CT molecular complexity index is 759. The van der Waals surface area contributed by atoms with Crippen molar-refractivity contribution in [2.75, 3.05) is 27.4 Å². The van der Waals surface area contributed by atoms with Crippen LogP contribution in [-0.4, -0.2) is 33.3 Å². The van der Waals surface area contributed by atoms with Gasteiger partial charge in [0.25, 0.3) is 0 Å². The monoisotopic (exact) mass is 343 g/mol. The summed E-state index contributed by atoms with van der Waals surface area (Å²) in [5.74, 6) is 2.65. The molecule has 6 heteroatoms. The molecule has 0 fully saturated rings. The third kappa shape index (κ3) is 4.15. The normalized spacial score (nSPS) is 12.4. The molecule has 1 amide bonds. The van der Waals surface area contributed by atoms with Gasteiger partial charge in [0.15, 0.2) is 23.0 Å². The first-order valence-corrected chi connectivity index (χ1v) is 8.05. The molecule has 25 heavy (non-hydrogen) atoms. The third-order valence-corrected chi connectivity index (χ3v) is 3.91. The average Bonchev–Trinajstić information content (AvgIpc) is 2.66. The summed E-state index contributed by atoms with van der Waals surface area (Å²) in [6.45, 7) is 1.54. The first-order valence-electron chi connectivity index (χ1n) is 8.05. The van der Waals surface area contributed by atoms with E-state index >= 15 is 0 Å². The minimum Gasteiger partial charge on any atom is -0.493 e. The Labute approximate surface area is 146 Å². The molecule has 2 aromatic rings. The number of benzene rings is 2. The zero-order valence-electron chi connectivity index (χ0n) is 14.3. The summed E-state index contributed by atoms with van der Waals surface area (Å²) in [6, 6.07) is 11.1.